The third-order valence-corrected chi connectivity index (χ3v) is 7.07. The summed E-state index contributed by atoms with van der Waals surface area (Å²) in [4.78, 5) is 15.7. The van der Waals surface area contributed by atoms with Crippen LogP contribution in [0, 0.1) is 0 Å². The maximum absolute atomic E-state index is 12.9. The smallest absolute Gasteiger partial charge is 0.267 e. The van der Waals surface area contributed by atoms with Crippen molar-refractivity contribution < 1.29 is 9.53 Å². The first-order chi connectivity index (χ1) is 11.9. The summed E-state index contributed by atoms with van der Waals surface area (Å²) in [6.45, 7) is 2.14. The summed E-state index contributed by atoms with van der Waals surface area (Å²) in [7, 11) is 1.63. The predicted molar refractivity (Wildman–Crippen MR) is 103 cm³/mol. The molecule has 0 aliphatic carbocycles. The Balaban J connectivity index is 1.94. The van der Waals surface area contributed by atoms with Gasteiger partial charge in [-0.3, -0.25) is 9.69 Å². The number of rotatable bonds is 2. The molecule has 130 valence electrons. The van der Waals surface area contributed by atoms with Crippen LogP contribution in [0.15, 0.2) is 53.4 Å². The predicted octanol–water partition coefficient (Wildman–Crippen LogP) is 5.00. The fourth-order valence-corrected chi connectivity index (χ4v) is 5.73. The van der Waals surface area contributed by atoms with Gasteiger partial charge >= 0.3 is 0 Å². The Bertz CT molecular complexity index is 840. The van der Waals surface area contributed by atoms with Gasteiger partial charge in [0.05, 0.1) is 12.8 Å². The molecule has 2 aliphatic heterocycles. The minimum atomic E-state index is -1.49. The topological polar surface area (TPSA) is 29.5 Å². The van der Waals surface area contributed by atoms with E-state index < -0.39 is 9.87 Å². The number of alkyl halides is 2. The molecule has 0 N–H and O–H groups in total. The van der Waals surface area contributed by atoms with E-state index in [1.165, 1.54) is 0 Å². The van der Waals surface area contributed by atoms with E-state index in [1.807, 2.05) is 48.5 Å². The molecule has 4 rings (SSSR count). The first-order valence-corrected chi connectivity index (χ1v) is 9.68. The summed E-state index contributed by atoms with van der Waals surface area (Å²) in [5, 5.41) is 0.248. The summed E-state index contributed by atoms with van der Waals surface area (Å²) < 4.78 is 3.77. The monoisotopic (exact) mass is 393 g/mol. The molecule has 1 fully saturated rings. The zero-order valence-corrected chi connectivity index (χ0v) is 16.2. The molecular formula is C19H17Cl2NO2S. The maximum Gasteiger partial charge on any atom is 0.267 e. The number of halogens is 2. The Kier molecular flexibility index (Phi) is 3.98. The van der Waals surface area contributed by atoms with E-state index in [1.54, 1.807) is 23.8 Å². The number of benzene rings is 2. The number of carbonyl (C=O) groups excluding carboxylic acids is 1. The molecule has 0 saturated carbocycles. The van der Waals surface area contributed by atoms with Crippen molar-refractivity contribution in [2.45, 2.75) is 33.4 Å². The van der Waals surface area contributed by atoms with Gasteiger partial charge in [-0.2, -0.15) is 0 Å². The van der Waals surface area contributed by atoms with Gasteiger partial charge in [0.15, 0.2) is 0 Å². The molecule has 1 saturated heterocycles. The second-order valence-electron chi connectivity index (χ2n) is 6.40. The Labute approximate surface area is 161 Å². The van der Waals surface area contributed by atoms with Crippen LogP contribution in [0.25, 0.3) is 0 Å². The van der Waals surface area contributed by atoms with Crippen LogP contribution in [0.3, 0.4) is 0 Å². The van der Waals surface area contributed by atoms with E-state index in [9.17, 15) is 4.79 Å². The summed E-state index contributed by atoms with van der Waals surface area (Å²) in [5.74, 6) is 0.484. The highest BCUT2D eigenvalue weighted by Gasteiger charge is 2.72. The number of nitrogens with zero attached hydrogens (tertiary/aromatic N) is 1. The second-order valence-corrected chi connectivity index (χ2v) is 9.21. The van der Waals surface area contributed by atoms with Gasteiger partial charge < -0.3 is 4.74 Å². The van der Waals surface area contributed by atoms with Crippen molar-refractivity contribution >= 4 is 46.6 Å². The third kappa shape index (κ3) is 2.24. The Morgan fingerprint density at radius 1 is 1.16 bits per heavy atom. The molecule has 2 heterocycles. The summed E-state index contributed by atoms with van der Waals surface area (Å²) in [6.07, 6.45) is 0.664. The lowest BCUT2D eigenvalue weighted by Gasteiger charge is -2.59. The molecule has 1 amide bonds. The van der Waals surface area contributed by atoms with Crippen molar-refractivity contribution in [1.29, 1.82) is 0 Å². The minimum absolute atomic E-state index is 0.248. The highest BCUT2D eigenvalue weighted by atomic mass is 35.5. The Morgan fingerprint density at radius 3 is 2.52 bits per heavy atom. The van der Waals surface area contributed by atoms with Gasteiger partial charge in [-0.05, 0) is 36.2 Å². The van der Waals surface area contributed by atoms with Crippen LogP contribution in [0.2, 0.25) is 0 Å². The molecule has 25 heavy (non-hydrogen) atoms. The average Bonchev–Trinajstić information content (AvgIpc) is 2.74. The molecule has 0 bridgehead atoms. The maximum atomic E-state index is 12.9. The lowest BCUT2D eigenvalue weighted by Crippen LogP contribution is -2.76. The van der Waals surface area contributed by atoms with E-state index in [4.69, 9.17) is 27.9 Å². The van der Waals surface area contributed by atoms with Crippen molar-refractivity contribution in [3.8, 4) is 5.75 Å². The molecular weight excluding hydrogens is 377 g/mol. The molecule has 0 aromatic heterocycles. The van der Waals surface area contributed by atoms with Gasteiger partial charge in [-0.1, -0.05) is 54.4 Å². The average molecular weight is 394 g/mol. The number of β-lactam (4-membered cyclic amide) rings is 1. The lowest BCUT2D eigenvalue weighted by molar-refractivity contribution is -0.129. The minimum Gasteiger partial charge on any atom is -0.497 e. The largest absolute Gasteiger partial charge is 0.497 e. The normalized spacial score (nSPS) is 27.0. The highest BCUT2D eigenvalue weighted by Crippen LogP contribution is 2.63. The Morgan fingerprint density at radius 2 is 1.84 bits per heavy atom. The van der Waals surface area contributed by atoms with E-state index in [2.05, 4.69) is 6.92 Å². The number of thioether (sulfide) groups is 1. The van der Waals surface area contributed by atoms with E-state index in [0.717, 1.165) is 21.9 Å². The number of anilines is 1. The summed E-state index contributed by atoms with van der Waals surface area (Å²) in [6, 6.07) is 15.6. The van der Waals surface area contributed by atoms with Crippen LogP contribution in [-0.4, -0.2) is 22.6 Å². The number of fused-ring (bicyclic) bond motifs is 3. The van der Waals surface area contributed by atoms with Gasteiger partial charge in [-0.25, -0.2) is 0 Å². The summed E-state index contributed by atoms with van der Waals surface area (Å²) >= 11 is 15.0. The Hall–Kier alpha value is -1.36. The molecule has 0 radical (unpaired) electrons. The fraction of sp³-hybridized carbons (Fsp3) is 0.316. The SMILES string of the molecule is COc1ccc(C23CC(C)Sc4ccccc4N2C(=O)C3(Cl)Cl)cc1. The molecule has 2 aromatic carbocycles. The van der Waals surface area contributed by atoms with Crippen LogP contribution in [0.4, 0.5) is 5.69 Å². The molecule has 3 nitrogen and oxygen atoms in total. The highest BCUT2D eigenvalue weighted by molar-refractivity contribution is 8.00. The number of ether oxygens (including phenoxy) is 1. The van der Waals surface area contributed by atoms with Crippen LogP contribution in [0.1, 0.15) is 18.9 Å². The van der Waals surface area contributed by atoms with Gasteiger partial charge in [0, 0.05) is 10.1 Å². The molecule has 0 spiro atoms. The zero-order valence-electron chi connectivity index (χ0n) is 13.8. The fourth-order valence-electron chi connectivity index (χ4n) is 3.82. The van der Waals surface area contributed by atoms with Crippen molar-refractivity contribution in [1.82, 2.24) is 0 Å². The second kappa shape index (κ2) is 5.83. The standard InChI is InChI=1S/C19H17Cl2NO2S/c1-12-11-18(13-7-9-14(24-2)10-8-13)19(20,21)17(23)22(18)15-5-3-4-6-16(15)25-12/h3-10,12H,11H2,1-2H3. The number of amides is 1. The zero-order chi connectivity index (χ0) is 17.8. The molecule has 6 heteroatoms. The van der Waals surface area contributed by atoms with E-state index in [0.29, 0.717) is 6.42 Å². The van der Waals surface area contributed by atoms with Crippen LogP contribution >= 0.6 is 35.0 Å². The molecule has 2 atom stereocenters. The van der Waals surface area contributed by atoms with E-state index >= 15 is 0 Å². The number of hydrogen-bond acceptors (Lipinski definition) is 3. The lowest BCUT2D eigenvalue weighted by atomic mass is 9.72. The van der Waals surface area contributed by atoms with Crippen LogP contribution in [0.5, 0.6) is 5.75 Å². The summed E-state index contributed by atoms with van der Waals surface area (Å²) in [5.41, 5.74) is 0.995. The number of para-hydroxylation sites is 1. The van der Waals surface area contributed by atoms with Gasteiger partial charge in [-0.15, -0.1) is 11.8 Å². The molecule has 2 aliphatic rings. The van der Waals surface area contributed by atoms with Crippen molar-refractivity contribution in [3.05, 3.63) is 54.1 Å². The third-order valence-electron chi connectivity index (χ3n) is 4.96. The van der Waals surface area contributed by atoms with Crippen LogP contribution in [-0.2, 0) is 10.3 Å². The van der Waals surface area contributed by atoms with Gasteiger partial charge in [0.1, 0.15) is 11.3 Å². The van der Waals surface area contributed by atoms with Gasteiger partial charge in [0.25, 0.3) is 5.91 Å². The number of carbonyl (C=O) groups is 1. The number of hydrogen-bond donors (Lipinski definition) is 0. The van der Waals surface area contributed by atoms with Gasteiger partial charge in [0.2, 0.25) is 4.33 Å². The quantitative estimate of drug-likeness (QED) is 0.531. The first-order valence-electron chi connectivity index (χ1n) is 8.04. The molecule has 2 unspecified atom stereocenters. The van der Waals surface area contributed by atoms with Crippen molar-refractivity contribution in [2.24, 2.45) is 0 Å². The van der Waals surface area contributed by atoms with E-state index in [-0.39, 0.29) is 11.2 Å². The van der Waals surface area contributed by atoms with Crippen molar-refractivity contribution in [2.75, 3.05) is 12.0 Å². The van der Waals surface area contributed by atoms with Crippen LogP contribution < -0.4 is 9.64 Å². The number of methoxy groups -OCH3 is 1. The van der Waals surface area contributed by atoms with Crippen molar-refractivity contribution in [3.63, 3.8) is 0 Å². The first kappa shape index (κ1) is 17.1. The molecule has 2 aromatic rings.